The first-order chi connectivity index (χ1) is 8.45. The van der Waals surface area contributed by atoms with Crippen molar-refractivity contribution < 1.29 is 4.74 Å². The zero-order valence-electron chi connectivity index (χ0n) is 10.1. The molecular weight excluding hydrogens is 208 g/mol. The largest absolute Gasteiger partial charge is 0.381 e. The van der Waals surface area contributed by atoms with E-state index in [4.69, 9.17) is 4.74 Å². The number of hydrogen-bond donors (Lipinski definition) is 0. The van der Waals surface area contributed by atoms with Gasteiger partial charge in [-0.15, -0.1) is 0 Å². The van der Waals surface area contributed by atoms with E-state index in [-0.39, 0.29) is 0 Å². The Morgan fingerprint density at radius 1 is 0.765 bits per heavy atom. The van der Waals surface area contributed by atoms with Crippen molar-refractivity contribution in [2.45, 2.75) is 25.7 Å². The van der Waals surface area contributed by atoms with Crippen molar-refractivity contribution in [1.82, 2.24) is 0 Å². The third kappa shape index (κ3) is 2.20. The van der Waals surface area contributed by atoms with Gasteiger partial charge in [-0.1, -0.05) is 36.4 Å². The van der Waals surface area contributed by atoms with E-state index >= 15 is 0 Å². The lowest BCUT2D eigenvalue weighted by Crippen LogP contribution is -2.04. The predicted molar refractivity (Wildman–Crippen MR) is 71.4 cm³/mol. The maximum atomic E-state index is 5.62. The summed E-state index contributed by atoms with van der Waals surface area (Å²) in [5, 5.41) is 2.89. The van der Waals surface area contributed by atoms with Gasteiger partial charge in [-0.3, -0.25) is 0 Å². The maximum Gasteiger partial charge on any atom is 0.0469 e. The number of benzene rings is 2. The number of ether oxygens (including phenoxy) is 1. The fraction of sp³-hybridized carbons (Fsp3) is 0.375. The fourth-order valence-electron chi connectivity index (χ4n) is 2.75. The quantitative estimate of drug-likeness (QED) is 0.665. The molecule has 0 bridgehead atoms. The Morgan fingerprint density at radius 2 is 1.35 bits per heavy atom. The van der Waals surface area contributed by atoms with Crippen molar-refractivity contribution in [3.05, 3.63) is 47.5 Å². The van der Waals surface area contributed by atoms with Gasteiger partial charge < -0.3 is 4.74 Å². The molecule has 0 aliphatic carbocycles. The van der Waals surface area contributed by atoms with Gasteiger partial charge in [0.05, 0.1) is 0 Å². The molecule has 1 heteroatoms. The molecule has 3 rings (SSSR count). The number of hydrogen-bond acceptors (Lipinski definition) is 1. The van der Waals surface area contributed by atoms with Crippen LogP contribution in [0.15, 0.2) is 36.4 Å². The highest BCUT2D eigenvalue weighted by atomic mass is 16.5. The molecule has 0 fully saturated rings. The topological polar surface area (TPSA) is 9.23 Å². The lowest BCUT2D eigenvalue weighted by molar-refractivity contribution is 0.129. The van der Waals surface area contributed by atoms with Crippen LogP contribution in [0.25, 0.3) is 10.8 Å². The molecule has 0 amide bonds. The first-order valence-corrected chi connectivity index (χ1v) is 6.52. The smallest absolute Gasteiger partial charge is 0.0469 e. The monoisotopic (exact) mass is 226 g/mol. The third-order valence-electron chi connectivity index (χ3n) is 3.55. The molecule has 2 aromatic rings. The summed E-state index contributed by atoms with van der Waals surface area (Å²) in [6, 6.07) is 13.3. The second-order valence-electron chi connectivity index (χ2n) is 4.75. The van der Waals surface area contributed by atoms with E-state index in [1.165, 1.54) is 21.9 Å². The summed E-state index contributed by atoms with van der Waals surface area (Å²) < 4.78 is 5.62. The van der Waals surface area contributed by atoms with Crippen LogP contribution < -0.4 is 0 Å². The summed E-state index contributed by atoms with van der Waals surface area (Å²) >= 11 is 0. The number of rotatable bonds is 0. The first kappa shape index (κ1) is 10.8. The Bertz CT molecular complexity index is 473. The van der Waals surface area contributed by atoms with Gasteiger partial charge in [-0.2, -0.15) is 0 Å². The van der Waals surface area contributed by atoms with E-state index in [1.54, 1.807) is 0 Å². The van der Waals surface area contributed by atoms with Gasteiger partial charge >= 0.3 is 0 Å². The van der Waals surface area contributed by atoms with Crippen molar-refractivity contribution >= 4 is 10.8 Å². The zero-order chi connectivity index (χ0) is 11.5. The van der Waals surface area contributed by atoms with Crippen LogP contribution in [-0.2, 0) is 17.6 Å². The molecule has 1 aliphatic heterocycles. The summed E-state index contributed by atoms with van der Waals surface area (Å²) in [4.78, 5) is 0. The van der Waals surface area contributed by atoms with Gasteiger partial charge in [-0.05, 0) is 47.6 Å². The minimum atomic E-state index is 0.901. The summed E-state index contributed by atoms with van der Waals surface area (Å²) in [6.07, 6.45) is 4.53. The van der Waals surface area contributed by atoms with E-state index in [0.717, 1.165) is 38.9 Å². The van der Waals surface area contributed by atoms with Crippen LogP contribution in [0.1, 0.15) is 24.0 Å². The Hall–Kier alpha value is -1.34. The molecule has 0 spiro atoms. The summed E-state index contributed by atoms with van der Waals surface area (Å²) in [5.74, 6) is 0. The molecule has 0 atom stereocenters. The summed E-state index contributed by atoms with van der Waals surface area (Å²) in [6.45, 7) is 1.80. The van der Waals surface area contributed by atoms with Gasteiger partial charge in [0.15, 0.2) is 0 Å². The van der Waals surface area contributed by atoms with Crippen molar-refractivity contribution in [1.29, 1.82) is 0 Å². The molecule has 1 aliphatic rings. The Morgan fingerprint density at radius 3 is 1.94 bits per heavy atom. The van der Waals surface area contributed by atoms with Gasteiger partial charge in [0.2, 0.25) is 0 Å². The van der Waals surface area contributed by atoms with E-state index in [1.807, 2.05) is 0 Å². The van der Waals surface area contributed by atoms with E-state index in [0.29, 0.717) is 0 Å². The summed E-state index contributed by atoms with van der Waals surface area (Å²) in [5.41, 5.74) is 2.98. The van der Waals surface area contributed by atoms with Crippen molar-refractivity contribution in [2.75, 3.05) is 13.2 Å². The van der Waals surface area contributed by atoms with E-state index in [2.05, 4.69) is 36.4 Å². The van der Waals surface area contributed by atoms with Gasteiger partial charge in [-0.25, -0.2) is 0 Å². The first-order valence-electron chi connectivity index (χ1n) is 6.52. The highest BCUT2D eigenvalue weighted by Crippen LogP contribution is 2.25. The molecule has 0 saturated carbocycles. The highest BCUT2D eigenvalue weighted by Gasteiger charge is 2.07. The average molecular weight is 226 g/mol. The van der Waals surface area contributed by atoms with Crippen molar-refractivity contribution in [2.24, 2.45) is 0 Å². The lowest BCUT2D eigenvalue weighted by Gasteiger charge is -2.14. The second kappa shape index (κ2) is 4.89. The van der Waals surface area contributed by atoms with Crippen LogP contribution in [0, 0.1) is 0 Å². The summed E-state index contributed by atoms with van der Waals surface area (Å²) in [7, 11) is 0. The van der Waals surface area contributed by atoms with E-state index in [9.17, 15) is 0 Å². The SMILES string of the molecule is c1cc2c3c(cccc3c1)CCCOCCC2. The molecule has 0 saturated heterocycles. The lowest BCUT2D eigenvalue weighted by atomic mass is 9.94. The van der Waals surface area contributed by atoms with Gasteiger partial charge in [0.25, 0.3) is 0 Å². The molecule has 17 heavy (non-hydrogen) atoms. The Labute approximate surface area is 102 Å². The van der Waals surface area contributed by atoms with Gasteiger partial charge in [0.1, 0.15) is 0 Å². The second-order valence-corrected chi connectivity index (χ2v) is 4.75. The Kier molecular flexibility index (Phi) is 3.10. The molecule has 1 nitrogen and oxygen atoms in total. The maximum absolute atomic E-state index is 5.62. The molecule has 88 valence electrons. The molecule has 0 N–H and O–H groups in total. The molecule has 2 aromatic carbocycles. The highest BCUT2D eigenvalue weighted by molar-refractivity contribution is 5.89. The normalized spacial score (nSPS) is 16.9. The zero-order valence-corrected chi connectivity index (χ0v) is 10.1. The van der Waals surface area contributed by atoms with E-state index < -0.39 is 0 Å². The fourth-order valence-corrected chi connectivity index (χ4v) is 2.75. The molecule has 0 aromatic heterocycles. The van der Waals surface area contributed by atoms with Crippen molar-refractivity contribution in [3.63, 3.8) is 0 Å². The number of aryl methyl sites for hydroxylation is 2. The minimum absolute atomic E-state index is 0.901. The van der Waals surface area contributed by atoms with Crippen LogP contribution in [0.4, 0.5) is 0 Å². The standard InChI is InChI=1S/C16H18O/c1-5-13-6-2-8-15-10-4-12-17-11-3-9-14(7-1)16(13)15/h1-2,5-8H,3-4,9-12H2. The predicted octanol–water partition coefficient (Wildman–Crippen LogP) is 3.74. The van der Waals surface area contributed by atoms with Crippen molar-refractivity contribution in [3.8, 4) is 0 Å². The Balaban J connectivity index is 2.15. The van der Waals surface area contributed by atoms with Crippen LogP contribution in [0.3, 0.4) is 0 Å². The average Bonchev–Trinajstić information content (AvgIpc) is 2.38. The van der Waals surface area contributed by atoms with Crippen LogP contribution in [0.5, 0.6) is 0 Å². The van der Waals surface area contributed by atoms with Crippen LogP contribution in [-0.4, -0.2) is 13.2 Å². The molecule has 0 radical (unpaired) electrons. The third-order valence-corrected chi connectivity index (χ3v) is 3.55. The van der Waals surface area contributed by atoms with Gasteiger partial charge in [0, 0.05) is 13.2 Å². The minimum Gasteiger partial charge on any atom is -0.381 e. The molecule has 1 heterocycles. The van der Waals surface area contributed by atoms with Crippen LogP contribution in [0.2, 0.25) is 0 Å². The molecule has 0 unspecified atom stereocenters. The van der Waals surface area contributed by atoms with Crippen LogP contribution >= 0.6 is 0 Å². The molecular formula is C16H18O.